The van der Waals surface area contributed by atoms with Crippen LogP contribution >= 0.6 is 0 Å². The number of nitrogens with zero attached hydrogens (tertiary/aromatic N) is 1. The molecule has 0 aliphatic carbocycles. The van der Waals surface area contributed by atoms with Crippen molar-refractivity contribution in [1.29, 1.82) is 0 Å². The Morgan fingerprint density at radius 1 is 1.30 bits per heavy atom. The van der Waals surface area contributed by atoms with Crippen LogP contribution in [0.25, 0.3) is 4.85 Å². The van der Waals surface area contributed by atoms with Crippen LogP contribution in [-0.4, -0.2) is 33.7 Å². The molecule has 0 saturated carbocycles. The number of nitrogens with one attached hydrogen (secondary N) is 1. The summed E-state index contributed by atoms with van der Waals surface area (Å²) in [6.45, 7) is 8.06. The van der Waals surface area contributed by atoms with Gasteiger partial charge in [0.1, 0.15) is 0 Å². The molecule has 0 fully saturated rings. The number of aryl methyl sites for hydroxylation is 1. The zero-order valence-electron chi connectivity index (χ0n) is 11.0. The zero-order valence-corrected chi connectivity index (χ0v) is 12.6. The first kappa shape index (κ1) is 19.1. The first-order valence-electron chi connectivity index (χ1n) is 5.07. The van der Waals surface area contributed by atoms with Crippen LogP contribution < -0.4 is 23.6 Å². The monoisotopic (exact) mass is 310 g/mol. The predicted molar refractivity (Wildman–Crippen MR) is 67.2 cm³/mol. The van der Waals surface area contributed by atoms with Crippen molar-refractivity contribution >= 4 is 25.8 Å². The second-order valence-electron chi connectivity index (χ2n) is 3.72. The molecular weight excluding hydrogens is 299 g/mol. The molecule has 1 rings (SSSR count). The molecule has 0 spiro atoms. The van der Waals surface area contributed by atoms with Crippen LogP contribution in [0.1, 0.15) is 5.56 Å². The van der Waals surface area contributed by atoms with Gasteiger partial charge in [-0.25, -0.2) is 26.4 Å². The van der Waals surface area contributed by atoms with E-state index in [1.54, 1.807) is 6.92 Å². The van der Waals surface area contributed by atoms with E-state index in [0.717, 1.165) is 0 Å². The van der Waals surface area contributed by atoms with Crippen LogP contribution in [0, 0.1) is 13.5 Å². The molecular formula is C10H11LiN2O5S2. The fourth-order valence-corrected chi connectivity index (χ4v) is 2.79. The van der Waals surface area contributed by atoms with Crippen molar-refractivity contribution in [3.8, 4) is 0 Å². The molecule has 0 heterocycles. The summed E-state index contributed by atoms with van der Waals surface area (Å²) in [6, 6.07) is 3.97. The van der Waals surface area contributed by atoms with Crippen LogP contribution in [0.3, 0.4) is 0 Å². The number of rotatable bonds is 5. The van der Waals surface area contributed by atoms with Gasteiger partial charge in [0.15, 0.2) is 5.69 Å². The summed E-state index contributed by atoms with van der Waals surface area (Å²) in [5, 5.41) is 0. The molecule has 0 aromatic heterocycles. The zero-order chi connectivity index (χ0) is 14.7. The summed E-state index contributed by atoms with van der Waals surface area (Å²) in [7, 11) is -8.40. The van der Waals surface area contributed by atoms with E-state index in [9.17, 15) is 21.4 Å². The van der Waals surface area contributed by atoms with Crippen molar-refractivity contribution in [1.82, 2.24) is 4.72 Å². The van der Waals surface area contributed by atoms with Crippen molar-refractivity contribution in [3.05, 3.63) is 35.2 Å². The standard InChI is InChI=1S/C10H12N2O5S2.Li/c1-8-3-4-9(7-10(8)11-2)19(16,17)12-5-6-18(13,14)15;/h3-4,7,12H,5-6H2,1H3,(H,13,14,15);/q;+1/p-1. The minimum absolute atomic E-state index is 0. The quantitative estimate of drug-likeness (QED) is 0.364. The van der Waals surface area contributed by atoms with Crippen LogP contribution in [-0.2, 0) is 20.1 Å². The Kier molecular flexibility index (Phi) is 6.91. The SMILES string of the molecule is [C-]#[N+]c1cc(S(=O)(=O)NCCS(=O)(=O)[O-])ccc1C.[Li+]. The molecule has 104 valence electrons. The minimum Gasteiger partial charge on any atom is -0.748 e. The molecule has 1 N–H and O–H groups in total. The van der Waals surface area contributed by atoms with Crippen molar-refractivity contribution < 1.29 is 40.2 Å². The Bertz CT molecular complexity index is 723. The molecule has 1 aromatic carbocycles. The molecule has 0 aliphatic rings. The van der Waals surface area contributed by atoms with Crippen LogP contribution in [0.2, 0.25) is 0 Å². The molecule has 7 nitrogen and oxygen atoms in total. The van der Waals surface area contributed by atoms with Gasteiger partial charge >= 0.3 is 18.9 Å². The van der Waals surface area contributed by atoms with Gasteiger partial charge in [0, 0.05) is 6.54 Å². The maximum Gasteiger partial charge on any atom is 1.00 e. The van der Waals surface area contributed by atoms with Crippen molar-refractivity contribution in [2.45, 2.75) is 11.8 Å². The molecule has 1 aromatic rings. The smallest absolute Gasteiger partial charge is 0.748 e. The number of sulfonamides is 1. The molecule has 0 unspecified atom stereocenters. The third-order valence-electron chi connectivity index (χ3n) is 2.26. The molecule has 0 atom stereocenters. The van der Waals surface area contributed by atoms with E-state index in [0.29, 0.717) is 5.56 Å². The van der Waals surface area contributed by atoms with Gasteiger partial charge in [0.05, 0.1) is 27.3 Å². The van der Waals surface area contributed by atoms with E-state index in [2.05, 4.69) is 4.85 Å². The second-order valence-corrected chi connectivity index (χ2v) is 7.01. The molecule has 0 amide bonds. The summed E-state index contributed by atoms with van der Waals surface area (Å²) in [6.07, 6.45) is 0. The van der Waals surface area contributed by atoms with Gasteiger partial charge in [-0.3, -0.25) is 0 Å². The molecule has 20 heavy (non-hydrogen) atoms. The van der Waals surface area contributed by atoms with Gasteiger partial charge in [-0.1, -0.05) is 6.07 Å². The predicted octanol–water partition coefficient (Wildman–Crippen LogP) is -2.63. The third-order valence-corrected chi connectivity index (χ3v) is 4.42. The van der Waals surface area contributed by atoms with Gasteiger partial charge in [-0.15, -0.1) is 0 Å². The first-order valence-corrected chi connectivity index (χ1v) is 8.13. The van der Waals surface area contributed by atoms with Gasteiger partial charge in [-0.2, -0.15) is 0 Å². The average Bonchev–Trinajstić information content (AvgIpc) is 2.27. The Balaban J connectivity index is 0.00000361. The Labute approximate surface area is 130 Å². The van der Waals surface area contributed by atoms with Crippen molar-refractivity contribution in [2.75, 3.05) is 12.3 Å². The number of hydrogen-bond donors (Lipinski definition) is 1. The minimum atomic E-state index is -4.47. The van der Waals surface area contributed by atoms with E-state index in [-0.39, 0.29) is 29.4 Å². The van der Waals surface area contributed by atoms with Crippen LogP contribution in [0.15, 0.2) is 23.1 Å². The van der Waals surface area contributed by atoms with E-state index < -0.39 is 32.4 Å². The maximum atomic E-state index is 11.8. The van der Waals surface area contributed by atoms with E-state index >= 15 is 0 Å². The Morgan fingerprint density at radius 3 is 2.40 bits per heavy atom. The van der Waals surface area contributed by atoms with E-state index in [1.165, 1.54) is 18.2 Å². The fourth-order valence-electron chi connectivity index (χ4n) is 1.26. The molecule has 0 aliphatic heterocycles. The second kappa shape index (κ2) is 7.23. The van der Waals surface area contributed by atoms with Gasteiger partial charge < -0.3 is 4.55 Å². The van der Waals surface area contributed by atoms with Crippen molar-refractivity contribution in [3.63, 3.8) is 0 Å². The summed E-state index contributed by atoms with van der Waals surface area (Å²) >= 11 is 0. The first-order chi connectivity index (χ1) is 8.65. The normalized spacial score (nSPS) is 11.4. The summed E-state index contributed by atoms with van der Waals surface area (Å²) in [5.74, 6) is -0.826. The van der Waals surface area contributed by atoms with Gasteiger partial charge in [0.2, 0.25) is 10.0 Å². The molecule has 0 bridgehead atoms. The number of hydrogen-bond acceptors (Lipinski definition) is 5. The van der Waals surface area contributed by atoms with E-state index in [1.807, 2.05) is 4.72 Å². The summed E-state index contributed by atoms with van der Waals surface area (Å²) in [4.78, 5) is 3.03. The summed E-state index contributed by atoms with van der Waals surface area (Å²) < 4.78 is 56.7. The molecule has 10 heteroatoms. The fraction of sp³-hybridized carbons (Fsp3) is 0.300. The van der Waals surface area contributed by atoms with Gasteiger partial charge in [-0.05, 0) is 24.6 Å². The Hall–Kier alpha value is -0.873. The topological polar surface area (TPSA) is 108 Å². The van der Waals surface area contributed by atoms with Crippen LogP contribution in [0.5, 0.6) is 0 Å². The number of benzene rings is 1. The molecule has 0 radical (unpaired) electrons. The average molecular weight is 310 g/mol. The van der Waals surface area contributed by atoms with Crippen molar-refractivity contribution in [2.24, 2.45) is 0 Å². The maximum absolute atomic E-state index is 11.8. The Morgan fingerprint density at radius 2 is 1.90 bits per heavy atom. The summed E-state index contributed by atoms with van der Waals surface area (Å²) in [5.41, 5.74) is 0.829. The van der Waals surface area contributed by atoms with Crippen LogP contribution in [0.4, 0.5) is 5.69 Å². The van der Waals surface area contributed by atoms with Gasteiger partial charge in [0.25, 0.3) is 0 Å². The van der Waals surface area contributed by atoms with E-state index in [4.69, 9.17) is 6.57 Å². The largest absolute Gasteiger partial charge is 1.00 e. The molecule has 0 saturated heterocycles. The third kappa shape index (κ3) is 5.63.